The summed E-state index contributed by atoms with van der Waals surface area (Å²) in [6.07, 6.45) is 2.91. The van der Waals surface area contributed by atoms with Crippen LogP contribution in [-0.4, -0.2) is 64.8 Å². The highest BCUT2D eigenvalue weighted by Gasteiger charge is 2.49. The molecule has 0 aromatic carbocycles. The molecular weight excluding hydrogens is 354 g/mol. The van der Waals surface area contributed by atoms with Gasteiger partial charge in [0.2, 0.25) is 11.8 Å². The van der Waals surface area contributed by atoms with Crippen molar-refractivity contribution >= 4 is 16.4 Å². The van der Waals surface area contributed by atoms with Crippen molar-refractivity contribution in [2.75, 3.05) is 19.6 Å². The fraction of sp³-hybridized carbons (Fsp3) is 0.769. The highest BCUT2D eigenvalue weighted by Crippen LogP contribution is 2.39. The van der Waals surface area contributed by atoms with Crippen LogP contribution in [0.5, 0.6) is 0 Å². The fourth-order valence-electron chi connectivity index (χ4n) is 3.70. The number of aromatic nitrogens is 2. The summed E-state index contributed by atoms with van der Waals surface area (Å²) in [5, 5.41) is 12.2. The van der Waals surface area contributed by atoms with Gasteiger partial charge < -0.3 is 14.6 Å². The molecule has 12 heteroatoms. The van der Waals surface area contributed by atoms with E-state index in [1.165, 1.54) is 4.90 Å². The van der Waals surface area contributed by atoms with Crippen LogP contribution in [0.25, 0.3) is 0 Å². The normalized spacial score (nSPS) is 28.0. The number of hydrogen-bond acceptors (Lipinski definition) is 8. The van der Waals surface area contributed by atoms with Crippen LogP contribution in [-0.2, 0) is 14.7 Å². The Hall–Kier alpha value is -1.76. The zero-order valence-electron chi connectivity index (χ0n) is 13.4. The van der Waals surface area contributed by atoms with Gasteiger partial charge in [-0.1, -0.05) is 0 Å². The summed E-state index contributed by atoms with van der Waals surface area (Å²) in [5.74, 6) is 1.15. The molecule has 2 amide bonds. The first-order valence-electron chi connectivity index (χ1n) is 8.23. The summed E-state index contributed by atoms with van der Waals surface area (Å²) in [7, 11) is -4.75. The van der Waals surface area contributed by atoms with Crippen molar-refractivity contribution in [2.24, 2.45) is 0 Å². The monoisotopic (exact) mass is 373 g/mol. The fourth-order valence-corrected chi connectivity index (χ4v) is 4.09. The summed E-state index contributed by atoms with van der Waals surface area (Å²) in [6.45, 7) is 2.09. The molecule has 11 nitrogen and oxygen atoms in total. The molecule has 3 fully saturated rings. The Balaban J connectivity index is 1.51. The van der Waals surface area contributed by atoms with Gasteiger partial charge in [0.05, 0.1) is 6.04 Å². The smallest absolute Gasteiger partial charge is 0.418 e. The van der Waals surface area contributed by atoms with Crippen LogP contribution in [0.1, 0.15) is 49.4 Å². The van der Waals surface area contributed by atoms with Gasteiger partial charge in [0, 0.05) is 12.5 Å². The number of nitrogens with one attached hydrogen (secondary N) is 1. The quantitative estimate of drug-likeness (QED) is 0.709. The minimum atomic E-state index is -4.75. The molecule has 3 saturated heterocycles. The summed E-state index contributed by atoms with van der Waals surface area (Å²) in [6, 6.07) is -1.48. The third kappa shape index (κ3) is 3.21. The number of fused-ring (bicyclic) bond motifs is 2. The lowest BCUT2D eigenvalue weighted by atomic mass is 9.98. The number of piperidine rings is 2. The van der Waals surface area contributed by atoms with E-state index in [0.29, 0.717) is 29.7 Å². The second kappa shape index (κ2) is 6.20. The van der Waals surface area contributed by atoms with Gasteiger partial charge in [-0.25, -0.2) is 4.79 Å². The minimum absolute atomic E-state index is 0.215. The molecule has 2 atom stereocenters. The predicted molar refractivity (Wildman–Crippen MR) is 81.5 cm³/mol. The first-order valence-corrected chi connectivity index (χ1v) is 9.60. The number of nitrogens with zero attached hydrogens (tertiary/aromatic N) is 4. The maximum atomic E-state index is 12.4. The molecule has 4 rings (SSSR count). The second-order valence-electron chi connectivity index (χ2n) is 6.51. The van der Waals surface area contributed by atoms with Crippen molar-refractivity contribution in [3.8, 4) is 0 Å². The molecule has 4 heterocycles. The summed E-state index contributed by atoms with van der Waals surface area (Å²) < 4.78 is 40.9. The van der Waals surface area contributed by atoms with Crippen molar-refractivity contribution in [2.45, 2.75) is 43.7 Å². The second-order valence-corrected chi connectivity index (χ2v) is 7.52. The lowest BCUT2D eigenvalue weighted by molar-refractivity contribution is -0.0317. The molecule has 3 aliphatic rings. The molecule has 0 aliphatic carbocycles. The van der Waals surface area contributed by atoms with Gasteiger partial charge in [-0.05, 0) is 38.8 Å². The highest BCUT2D eigenvalue weighted by atomic mass is 32.3. The maximum Gasteiger partial charge on any atom is 0.418 e. The van der Waals surface area contributed by atoms with E-state index in [0.717, 1.165) is 25.9 Å². The van der Waals surface area contributed by atoms with Gasteiger partial charge in [0.25, 0.3) is 0 Å². The van der Waals surface area contributed by atoms with Gasteiger partial charge in [0.1, 0.15) is 6.04 Å². The van der Waals surface area contributed by atoms with Gasteiger partial charge in [-0.3, -0.25) is 4.55 Å². The molecule has 138 valence electrons. The standard InChI is InChI=1S/C13H19N5O6S/c19-13-17-7-9(18(13)24-25(20,21)22)1-2-10(17)12-16-15-11(23-12)8-3-5-14-6-4-8/h8-10,14H,1-7H2,(H,20,21,22)/t9-,10+/m1/s1. The average molecular weight is 373 g/mol. The van der Waals surface area contributed by atoms with Crippen molar-refractivity contribution in [3.05, 3.63) is 11.8 Å². The maximum absolute atomic E-state index is 12.4. The zero-order valence-corrected chi connectivity index (χ0v) is 14.2. The van der Waals surface area contributed by atoms with E-state index in [1.54, 1.807) is 0 Å². The van der Waals surface area contributed by atoms with E-state index in [4.69, 9.17) is 8.97 Å². The SMILES string of the molecule is O=C1N2C[C@@H](CC[C@H]2c2nnc(C3CCNCC3)o2)N1OS(=O)(=O)O. The average Bonchev–Trinajstić information content (AvgIpc) is 3.16. The topological polar surface area (TPSA) is 138 Å². The highest BCUT2D eigenvalue weighted by molar-refractivity contribution is 7.80. The Bertz CT molecular complexity index is 761. The molecule has 2 bridgehead atoms. The Morgan fingerprint density at radius 2 is 1.88 bits per heavy atom. The number of hydroxylamine groups is 2. The summed E-state index contributed by atoms with van der Waals surface area (Å²) in [5.41, 5.74) is 0. The third-order valence-electron chi connectivity index (χ3n) is 4.93. The molecule has 0 radical (unpaired) electrons. The van der Waals surface area contributed by atoms with Gasteiger partial charge in [0.15, 0.2) is 0 Å². The van der Waals surface area contributed by atoms with Crippen LogP contribution < -0.4 is 5.32 Å². The van der Waals surface area contributed by atoms with E-state index >= 15 is 0 Å². The van der Waals surface area contributed by atoms with E-state index in [-0.39, 0.29) is 12.5 Å². The number of rotatable bonds is 4. The van der Waals surface area contributed by atoms with Crippen molar-refractivity contribution in [3.63, 3.8) is 0 Å². The third-order valence-corrected chi connectivity index (χ3v) is 5.28. The Morgan fingerprint density at radius 1 is 1.16 bits per heavy atom. The van der Waals surface area contributed by atoms with Gasteiger partial charge in [-0.2, -0.15) is 13.5 Å². The Kier molecular flexibility index (Phi) is 4.14. The van der Waals surface area contributed by atoms with E-state index in [1.807, 2.05) is 0 Å². The van der Waals surface area contributed by atoms with Crippen molar-refractivity contribution in [1.82, 2.24) is 25.5 Å². The lowest BCUT2D eigenvalue weighted by Gasteiger charge is -2.27. The molecule has 1 aromatic heterocycles. The molecule has 0 saturated carbocycles. The summed E-state index contributed by atoms with van der Waals surface area (Å²) >= 11 is 0. The first kappa shape index (κ1) is 16.7. The minimum Gasteiger partial charge on any atom is -0.423 e. The number of amides is 2. The van der Waals surface area contributed by atoms with Crippen LogP contribution in [0.2, 0.25) is 0 Å². The molecule has 3 aliphatic heterocycles. The molecule has 25 heavy (non-hydrogen) atoms. The number of hydrogen-bond donors (Lipinski definition) is 2. The van der Waals surface area contributed by atoms with Gasteiger partial charge >= 0.3 is 16.4 Å². The van der Waals surface area contributed by atoms with Crippen molar-refractivity contribution < 1.29 is 26.5 Å². The first-order chi connectivity index (χ1) is 11.9. The van der Waals surface area contributed by atoms with Crippen LogP contribution in [0.3, 0.4) is 0 Å². The predicted octanol–water partition coefficient (Wildman–Crippen LogP) is 0.212. The van der Waals surface area contributed by atoms with Crippen LogP contribution in [0, 0.1) is 0 Å². The molecular formula is C13H19N5O6S. The lowest BCUT2D eigenvalue weighted by Crippen LogP contribution is -2.35. The van der Waals surface area contributed by atoms with Crippen LogP contribution in [0.4, 0.5) is 4.79 Å². The van der Waals surface area contributed by atoms with Crippen LogP contribution in [0.15, 0.2) is 4.42 Å². The van der Waals surface area contributed by atoms with E-state index in [2.05, 4.69) is 19.8 Å². The zero-order chi connectivity index (χ0) is 17.6. The molecule has 1 aromatic rings. The Morgan fingerprint density at radius 3 is 2.60 bits per heavy atom. The molecule has 2 N–H and O–H groups in total. The summed E-state index contributed by atoms with van der Waals surface area (Å²) in [4.78, 5) is 13.9. The number of carbonyl (C=O) groups excluding carboxylic acids is 1. The largest absolute Gasteiger partial charge is 0.423 e. The van der Waals surface area contributed by atoms with Gasteiger partial charge in [-0.15, -0.1) is 14.5 Å². The Labute approximate surface area is 144 Å². The van der Waals surface area contributed by atoms with Crippen molar-refractivity contribution in [1.29, 1.82) is 0 Å². The molecule has 0 spiro atoms. The van der Waals surface area contributed by atoms with E-state index < -0.39 is 28.5 Å². The molecule has 0 unspecified atom stereocenters. The number of urea groups is 1. The van der Waals surface area contributed by atoms with E-state index in [9.17, 15) is 13.2 Å². The van der Waals surface area contributed by atoms with Crippen LogP contribution >= 0.6 is 0 Å². The number of carbonyl (C=O) groups is 1.